The van der Waals surface area contributed by atoms with E-state index in [0.717, 1.165) is 37.8 Å². The third-order valence-corrected chi connectivity index (χ3v) is 4.09. The number of carbonyl (C=O) groups excluding carboxylic acids is 2. The lowest BCUT2D eigenvalue weighted by Crippen LogP contribution is -2.46. The van der Waals surface area contributed by atoms with Gasteiger partial charge in [0.1, 0.15) is 0 Å². The van der Waals surface area contributed by atoms with E-state index in [1.165, 1.54) is 12.1 Å². The van der Waals surface area contributed by atoms with Crippen LogP contribution in [0.4, 0.5) is 18.0 Å². The van der Waals surface area contributed by atoms with Gasteiger partial charge in [0.2, 0.25) is 5.91 Å². The quantitative estimate of drug-likeness (QED) is 0.852. The summed E-state index contributed by atoms with van der Waals surface area (Å²) in [6.45, 7) is 0.273. The van der Waals surface area contributed by atoms with Crippen molar-refractivity contribution >= 4 is 11.9 Å². The highest BCUT2D eigenvalue weighted by Gasteiger charge is 2.30. The summed E-state index contributed by atoms with van der Waals surface area (Å²) in [7, 11) is 1.66. The van der Waals surface area contributed by atoms with Gasteiger partial charge >= 0.3 is 12.2 Å². The van der Waals surface area contributed by atoms with E-state index in [0.29, 0.717) is 12.1 Å². The number of hydrogen-bond donors (Lipinski definition) is 2. The number of carbonyl (C=O) groups is 2. The molecular formula is C17H22F3N3O2. The number of urea groups is 1. The average molecular weight is 357 g/mol. The Labute approximate surface area is 144 Å². The van der Waals surface area contributed by atoms with Crippen molar-refractivity contribution in [1.82, 2.24) is 15.5 Å². The first-order valence-corrected chi connectivity index (χ1v) is 8.19. The fraction of sp³-hybridized carbons (Fsp3) is 0.529. The number of likely N-dealkylation sites (N-methyl/N-ethyl adjacent to an activating group) is 1. The molecule has 1 aromatic carbocycles. The number of amides is 3. The molecule has 1 fully saturated rings. The number of alkyl halides is 3. The number of imide groups is 1. The molecule has 2 N–H and O–H groups in total. The maximum absolute atomic E-state index is 12.5. The van der Waals surface area contributed by atoms with E-state index in [4.69, 9.17) is 0 Å². The minimum absolute atomic E-state index is 0.0287. The molecule has 0 atom stereocenters. The number of nitrogens with zero attached hydrogens (tertiary/aromatic N) is 1. The largest absolute Gasteiger partial charge is 0.416 e. The van der Waals surface area contributed by atoms with E-state index in [1.54, 1.807) is 11.9 Å². The lowest BCUT2D eigenvalue weighted by Gasteiger charge is -2.17. The van der Waals surface area contributed by atoms with Crippen molar-refractivity contribution in [1.29, 1.82) is 0 Å². The molecule has 0 bridgehead atoms. The number of nitrogens with one attached hydrogen (secondary N) is 2. The van der Waals surface area contributed by atoms with Gasteiger partial charge in [0.05, 0.1) is 12.1 Å². The standard InChI is InChI=1S/C17H22F3N3O2/c1-23(10-12-6-8-13(9-7-12)17(18,19)20)11-15(24)22-16(25)21-14-4-2-3-5-14/h6-9,14H,2-5,10-11H2,1H3,(H2,21,22,24,25). The smallest absolute Gasteiger partial charge is 0.335 e. The minimum atomic E-state index is -4.36. The van der Waals surface area contributed by atoms with Crippen molar-refractivity contribution < 1.29 is 22.8 Å². The number of halogens is 3. The summed E-state index contributed by atoms with van der Waals surface area (Å²) in [5, 5.41) is 5.03. The maximum atomic E-state index is 12.5. The zero-order valence-corrected chi connectivity index (χ0v) is 14.0. The van der Waals surface area contributed by atoms with Crippen molar-refractivity contribution in [3.8, 4) is 0 Å². The lowest BCUT2D eigenvalue weighted by atomic mass is 10.1. The molecule has 0 aromatic heterocycles. The van der Waals surface area contributed by atoms with E-state index < -0.39 is 23.7 Å². The molecular weight excluding hydrogens is 335 g/mol. The fourth-order valence-corrected chi connectivity index (χ4v) is 2.87. The molecule has 0 aliphatic heterocycles. The molecule has 0 unspecified atom stereocenters. The van der Waals surface area contributed by atoms with Gasteiger partial charge in [-0.25, -0.2) is 4.79 Å². The van der Waals surface area contributed by atoms with Gasteiger partial charge in [0, 0.05) is 12.6 Å². The Morgan fingerprint density at radius 3 is 2.32 bits per heavy atom. The van der Waals surface area contributed by atoms with Gasteiger partial charge in [0.15, 0.2) is 0 Å². The van der Waals surface area contributed by atoms with Crippen LogP contribution in [0.2, 0.25) is 0 Å². The Hall–Kier alpha value is -2.09. The first-order chi connectivity index (χ1) is 11.7. The maximum Gasteiger partial charge on any atom is 0.416 e. The van der Waals surface area contributed by atoms with E-state index in [-0.39, 0.29) is 12.6 Å². The van der Waals surface area contributed by atoms with Crippen molar-refractivity contribution in [2.75, 3.05) is 13.6 Å². The summed E-state index contributed by atoms with van der Waals surface area (Å²) in [5.41, 5.74) is -0.0565. The Morgan fingerprint density at radius 1 is 1.16 bits per heavy atom. The van der Waals surface area contributed by atoms with Gasteiger partial charge in [-0.2, -0.15) is 13.2 Å². The number of benzene rings is 1. The van der Waals surface area contributed by atoms with Crippen LogP contribution in [0.25, 0.3) is 0 Å². The highest BCUT2D eigenvalue weighted by atomic mass is 19.4. The molecule has 138 valence electrons. The second kappa shape index (κ2) is 8.33. The Morgan fingerprint density at radius 2 is 1.76 bits per heavy atom. The van der Waals surface area contributed by atoms with Crippen molar-refractivity contribution in [3.63, 3.8) is 0 Å². The normalized spacial score (nSPS) is 15.4. The number of hydrogen-bond acceptors (Lipinski definition) is 3. The van der Waals surface area contributed by atoms with Crippen LogP contribution in [0.3, 0.4) is 0 Å². The third-order valence-electron chi connectivity index (χ3n) is 4.09. The van der Waals surface area contributed by atoms with Gasteiger partial charge in [-0.1, -0.05) is 25.0 Å². The third kappa shape index (κ3) is 6.38. The lowest BCUT2D eigenvalue weighted by molar-refractivity contribution is -0.137. The van der Waals surface area contributed by atoms with Gasteiger partial charge in [-0.15, -0.1) is 0 Å². The second-order valence-electron chi connectivity index (χ2n) is 6.37. The molecule has 8 heteroatoms. The summed E-state index contributed by atoms with van der Waals surface area (Å²) >= 11 is 0. The van der Waals surface area contributed by atoms with E-state index in [1.807, 2.05) is 0 Å². The van der Waals surface area contributed by atoms with Gasteiger partial charge in [-0.05, 0) is 37.6 Å². The molecule has 1 aliphatic carbocycles. The van der Waals surface area contributed by atoms with Crippen LogP contribution in [-0.2, 0) is 17.5 Å². The average Bonchev–Trinajstić information content (AvgIpc) is 2.99. The summed E-state index contributed by atoms with van der Waals surface area (Å²) in [5.74, 6) is -0.454. The van der Waals surface area contributed by atoms with Crippen LogP contribution in [-0.4, -0.2) is 36.5 Å². The topological polar surface area (TPSA) is 61.4 Å². The molecule has 0 saturated heterocycles. The molecule has 1 aromatic rings. The first-order valence-electron chi connectivity index (χ1n) is 8.19. The predicted octanol–water partition coefficient (Wildman–Crippen LogP) is 2.91. The van der Waals surface area contributed by atoms with Crippen LogP contribution in [0, 0.1) is 0 Å². The van der Waals surface area contributed by atoms with Crippen molar-refractivity contribution in [2.45, 2.75) is 44.4 Å². The molecule has 2 rings (SSSR count). The SMILES string of the molecule is CN(CC(=O)NC(=O)NC1CCCC1)Cc1ccc(C(F)(F)F)cc1. The molecule has 5 nitrogen and oxygen atoms in total. The Bertz CT molecular complexity index is 596. The van der Waals surface area contributed by atoms with Gasteiger partial charge in [0.25, 0.3) is 0 Å². The van der Waals surface area contributed by atoms with Crippen LogP contribution in [0.5, 0.6) is 0 Å². The zero-order valence-electron chi connectivity index (χ0n) is 14.0. The Kier molecular flexibility index (Phi) is 6.41. The number of rotatable bonds is 5. The summed E-state index contributed by atoms with van der Waals surface area (Å²) in [6, 6.07) is 4.41. The fourth-order valence-electron chi connectivity index (χ4n) is 2.87. The molecule has 1 aliphatic rings. The molecule has 0 heterocycles. The minimum Gasteiger partial charge on any atom is -0.335 e. The molecule has 1 saturated carbocycles. The van der Waals surface area contributed by atoms with Gasteiger partial charge < -0.3 is 5.32 Å². The summed E-state index contributed by atoms with van der Waals surface area (Å²) in [6.07, 6.45) is -0.356. The van der Waals surface area contributed by atoms with Crippen molar-refractivity contribution in [2.24, 2.45) is 0 Å². The van der Waals surface area contributed by atoms with Crippen LogP contribution >= 0.6 is 0 Å². The van der Waals surface area contributed by atoms with Crippen LogP contribution < -0.4 is 10.6 Å². The summed E-state index contributed by atoms with van der Waals surface area (Å²) in [4.78, 5) is 25.2. The highest BCUT2D eigenvalue weighted by Crippen LogP contribution is 2.29. The highest BCUT2D eigenvalue weighted by molar-refractivity contribution is 5.95. The van der Waals surface area contributed by atoms with Crippen LogP contribution in [0.1, 0.15) is 36.8 Å². The first kappa shape index (κ1) is 19.2. The molecule has 0 spiro atoms. The van der Waals surface area contributed by atoms with Gasteiger partial charge in [-0.3, -0.25) is 15.0 Å². The van der Waals surface area contributed by atoms with E-state index in [2.05, 4.69) is 10.6 Å². The van der Waals surface area contributed by atoms with E-state index in [9.17, 15) is 22.8 Å². The summed E-state index contributed by atoms with van der Waals surface area (Å²) < 4.78 is 37.6. The van der Waals surface area contributed by atoms with Crippen LogP contribution in [0.15, 0.2) is 24.3 Å². The Balaban J connectivity index is 1.76. The van der Waals surface area contributed by atoms with Crippen molar-refractivity contribution in [3.05, 3.63) is 35.4 Å². The second-order valence-corrected chi connectivity index (χ2v) is 6.37. The molecule has 3 amide bonds. The zero-order chi connectivity index (χ0) is 18.4. The predicted molar refractivity (Wildman–Crippen MR) is 86.7 cm³/mol. The monoisotopic (exact) mass is 357 g/mol. The van der Waals surface area contributed by atoms with E-state index >= 15 is 0 Å². The molecule has 25 heavy (non-hydrogen) atoms. The molecule has 0 radical (unpaired) electrons.